The molecule has 2 aromatic rings. The van der Waals surface area contributed by atoms with Crippen LogP contribution in [0.4, 0.5) is 5.88 Å². The molecule has 2 heterocycles. The molecule has 2 rings (SSSR count). The summed E-state index contributed by atoms with van der Waals surface area (Å²) >= 11 is 1.42. The first-order valence-electron chi connectivity index (χ1n) is 5.08. The first kappa shape index (κ1) is 11.7. The number of nitrogens with zero attached hydrogens (tertiary/aromatic N) is 2. The molecule has 0 radical (unpaired) electrons. The van der Waals surface area contributed by atoms with Crippen LogP contribution in [0.5, 0.6) is 0 Å². The van der Waals surface area contributed by atoms with E-state index in [4.69, 9.17) is 10.3 Å². The van der Waals surface area contributed by atoms with E-state index in [9.17, 15) is 4.79 Å². The average molecular weight is 252 g/mol. The number of anilines is 1. The van der Waals surface area contributed by atoms with E-state index in [1.807, 2.05) is 0 Å². The Morgan fingerprint density at radius 1 is 1.65 bits per heavy atom. The summed E-state index contributed by atoms with van der Waals surface area (Å²) in [5, 5.41) is 8.80. The summed E-state index contributed by atoms with van der Waals surface area (Å²) in [5.41, 5.74) is 6.49. The minimum Gasteiger partial charge on any atom is -0.338 e. The molecule has 0 saturated carbocycles. The summed E-state index contributed by atoms with van der Waals surface area (Å²) < 4.78 is 4.88. The van der Waals surface area contributed by atoms with Crippen LogP contribution >= 0.6 is 11.3 Å². The fourth-order valence-corrected chi connectivity index (χ4v) is 2.05. The van der Waals surface area contributed by atoms with Gasteiger partial charge in [0.05, 0.1) is 10.7 Å². The summed E-state index contributed by atoms with van der Waals surface area (Å²) in [5.74, 6) is 0.0153. The topological polar surface area (TPSA) is 94.0 Å². The predicted molar refractivity (Wildman–Crippen MR) is 64.1 cm³/mol. The number of carbonyl (C=O) groups excluding carboxylic acids is 1. The van der Waals surface area contributed by atoms with Crippen LogP contribution in [0.2, 0.25) is 0 Å². The normalized spacial score (nSPS) is 10.5. The van der Waals surface area contributed by atoms with Gasteiger partial charge in [0.1, 0.15) is 5.69 Å². The summed E-state index contributed by atoms with van der Waals surface area (Å²) in [7, 11) is 0. The molecule has 0 atom stereocenters. The van der Waals surface area contributed by atoms with Gasteiger partial charge in [-0.3, -0.25) is 10.1 Å². The minimum absolute atomic E-state index is 0.305. The highest BCUT2D eigenvalue weighted by molar-refractivity contribution is 7.09. The number of aromatic nitrogens is 2. The number of nitrogens with one attached hydrogen (secondary N) is 1. The third-order valence-corrected chi connectivity index (χ3v) is 2.92. The van der Waals surface area contributed by atoms with Crippen LogP contribution in [-0.4, -0.2) is 22.6 Å². The molecule has 0 bridgehead atoms. The Hall–Kier alpha value is -1.73. The molecule has 7 heteroatoms. The highest BCUT2D eigenvalue weighted by Crippen LogP contribution is 2.13. The van der Waals surface area contributed by atoms with Crippen LogP contribution in [0.3, 0.4) is 0 Å². The van der Waals surface area contributed by atoms with Gasteiger partial charge < -0.3 is 10.3 Å². The largest absolute Gasteiger partial charge is 0.338 e. The second-order valence-electron chi connectivity index (χ2n) is 3.45. The Morgan fingerprint density at radius 2 is 2.47 bits per heavy atom. The van der Waals surface area contributed by atoms with E-state index in [-0.39, 0.29) is 5.91 Å². The zero-order valence-electron chi connectivity index (χ0n) is 9.27. The molecule has 2 aromatic heterocycles. The molecule has 0 fully saturated rings. The molecular weight excluding hydrogens is 240 g/mol. The van der Waals surface area contributed by atoms with Crippen molar-refractivity contribution in [2.24, 2.45) is 5.73 Å². The van der Waals surface area contributed by atoms with Crippen LogP contribution < -0.4 is 11.1 Å². The van der Waals surface area contributed by atoms with Gasteiger partial charge in [0, 0.05) is 17.9 Å². The van der Waals surface area contributed by atoms with Gasteiger partial charge in [0.2, 0.25) is 5.88 Å². The van der Waals surface area contributed by atoms with E-state index in [2.05, 4.69) is 15.5 Å². The maximum atomic E-state index is 11.8. The van der Waals surface area contributed by atoms with E-state index < -0.39 is 0 Å². The van der Waals surface area contributed by atoms with Crippen molar-refractivity contribution in [3.8, 4) is 0 Å². The number of thiazole rings is 1. The molecule has 0 unspecified atom stereocenters. The summed E-state index contributed by atoms with van der Waals surface area (Å²) in [4.78, 5) is 15.9. The highest BCUT2D eigenvalue weighted by atomic mass is 32.1. The van der Waals surface area contributed by atoms with Gasteiger partial charge in [-0.05, 0) is 13.5 Å². The van der Waals surface area contributed by atoms with E-state index in [0.717, 1.165) is 5.01 Å². The first-order chi connectivity index (χ1) is 8.19. The maximum absolute atomic E-state index is 11.8. The summed E-state index contributed by atoms with van der Waals surface area (Å²) in [6, 6.07) is 1.64. The van der Waals surface area contributed by atoms with Crippen LogP contribution in [0.15, 0.2) is 16.0 Å². The van der Waals surface area contributed by atoms with Gasteiger partial charge in [-0.2, -0.15) is 0 Å². The molecule has 6 nitrogen and oxygen atoms in total. The standard InChI is InChI=1S/C10H12N4O2S/c1-6-4-8(16-14-6)13-10(15)7-5-17-9(12-7)2-3-11/h4-5H,2-3,11H2,1H3,(H,13,15). The van der Waals surface area contributed by atoms with Crippen molar-refractivity contribution in [1.82, 2.24) is 10.1 Å². The molecule has 0 aliphatic heterocycles. The van der Waals surface area contributed by atoms with E-state index in [0.29, 0.717) is 30.2 Å². The smallest absolute Gasteiger partial charge is 0.277 e. The zero-order valence-corrected chi connectivity index (χ0v) is 10.1. The van der Waals surface area contributed by atoms with Crippen LogP contribution in [0, 0.1) is 6.92 Å². The van der Waals surface area contributed by atoms with Crippen molar-refractivity contribution in [2.45, 2.75) is 13.3 Å². The Bertz CT molecular complexity index is 520. The lowest BCUT2D eigenvalue weighted by Crippen LogP contribution is -2.12. The quantitative estimate of drug-likeness (QED) is 0.852. The van der Waals surface area contributed by atoms with Gasteiger partial charge in [-0.1, -0.05) is 5.16 Å². The number of rotatable bonds is 4. The third kappa shape index (κ3) is 2.89. The SMILES string of the molecule is Cc1cc(NC(=O)c2csc(CCN)n2)on1. The number of carbonyl (C=O) groups is 1. The zero-order chi connectivity index (χ0) is 12.3. The maximum Gasteiger partial charge on any atom is 0.277 e. The molecule has 0 aromatic carbocycles. The van der Waals surface area contributed by atoms with Gasteiger partial charge in [-0.15, -0.1) is 11.3 Å². The number of aryl methyl sites for hydroxylation is 1. The number of hydrogen-bond donors (Lipinski definition) is 2. The number of nitrogens with two attached hydrogens (primary N) is 1. The van der Waals surface area contributed by atoms with E-state index >= 15 is 0 Å². The average Bonchev–Trinajstić information content (AvgIpc) is 2.88. The number of amides is 1. The Kier molecular flexibility index (Phi) is 3.50. The van der Waals surface area contributed by atoms with Gasteiger partial charge in [0.25, 0.3) is 5.91 Å². The van der Waals surface area contributed by atoms with Crippen LogP contribution in [0.25, 0.3) is 0 Å². The molecule has 1 amide bonds. The van der Waals surface area contributed by atoms with Crippen molar-refractivity contribution in [2.75, 3.05) is 11.9 Å². The van der Waals surface area contributed by atoms with Crippen LogP contribution in [0.1, 0.15) is 21.2 Å². The summed E-state index contributed by atoms with van der Waals surface area (Å²) in [6.07, 6.45) is 0.680. The monoisotopic (exact) mass is 252 g/mol. The van der Waals surface area contributed by atoms with E-state index in [1.54, 1.807) is 18.4 Å². The van der Waals surface area contributed by atoms with Crippen molar-refractivity contribution in [3.63, 3.8) is 0 Å². The third-order valence-electron chi connectivity index (χ3n) is 2.01. The Morgan fingerprint density at radius 3 is 3.12 bits per heavy atom. The lowest BCUT2D eigenvalue weighted by atomic mass is 10.4. The summed E-state index contributed by atoms with van der Waals surface area (Å²) in [6.45, 7) is 2.30. The molecule has 0 spiro atoms. The van der Waals surface area contributed by atoms with Crippen molar-refractivity contribution in [1.29, 1.82) is 0 Å². The van der Waals surface area contributed by atoms with Gasteiger partial charge in [-0.25, -0.2) is 4.98 Å². The van der Waals surface area contributed by atoms with Gasteiger partial charge >= 0.3 is 0 Å². The van der Waals surface area contributed by atoms with Crippen molar-refractivity contribution in [3.05, 3.63) is 27.8 Å². The van der Waals surface area contributed by atoms with Crippen molar-refractivity contribution < 1.29 is 9.32 Å². The lowest BCUT2D eigenvalue weighted by Gasteiger charge is -1.96. The lowest BCUT2D eigenvalue weighted by molar-refractivity contribution is 0.101. The second-order valence-corrected chi connectivity index (χ2v) is 4.39. The Balaban J connectivity index is 2.03. The minimum atomic E-state index is -0.305. The predicted octanol–water partition coefficient (Wildman–Crippen LogP) is 1.19. The molecule has 0 saturated heterocycles. The Labute approximate surface area is 102 Å². The van der Waals surface area contributed by atoms with Crippen LogP contribution in [-0.2, 0) is 6.42 Å². The molecule has 0 aliphatic carbocycles. The van der Waals surface area contributed by atoms with Gasteiger partial charge in [0.15, 0.2) is 0 Å². The molecule has 17 heavy (non-hydrogen) atoms. The highest BCUT2D eigenvalue weighted by Gasteiger charge is 2.12. The van der Waals surface area contributed by atoms with E-state index in [1.165, 1.54) is 11.3 Å². The molecule has 0 aliphatic rings. The fraction of sp³-hybridized carbons (Fsp3) is 0.300. The fourth-order valence-electron chi connectivity index (χ4n) is 1.25. The molecule has 90 valence electrons. The first-order valence-corrected chi connectivity index (χ1v) is 5.96. The molecular formula is C10H12N4O2S. The molecule has 3 N–H and O–H groups in total. The van der Waals surface area contributed by atoms with Crippen molar-refractivity contribution >= 4 is 23.1 Å². The second kappa shape index (κ2) is 5.07. The number of hydrogen-bond acceptors (Lipinski definition) is 6.